The van der Waals surface area contributed by atoms with Crippen molar-refractivity contribution in [2.75, 3.05) is 18.4 Å². The molecule has 80 valence electrons. The number of amides is 1. The predicted molar refractivity (Wildman–Crippen MR) is 53.7 cm³/mol. The van der Waals surface area contributed by atoms with Crippen molar-refractivity contribution in [3.05, 3.63) is 18.3 Å². The molecule has 1 aromatic rings. The number of carboxylic acid groups (broad SMARTS) is 1. The van der Waals surface area contributed by atoms with Crippen molar-refractivity contribution < 1.29 is 9.90 Å². The second-order valence-electron chi connectivity index (χ2n) is 3.47. The van der Waals surface area contributed by atoms with E-state index in [1.54, 1.807) is 12.3 Å². The zero-order valence-corrected chi connectivity index (χ0v) is 8.13. The van der Waals surface area contributed by atoms with Crippen LogP contribution >= 0.6 is 0 Å². The highest BCUT2D eigenvalue weighted by atomic mass is 16.4. The first-order valence-electron chi connectivity index (χ1n) is 4.78. The van der Waals surface area contributed by atoms with E-state index in [2.05, 4.69) is 15.5 Å². The summed E-state index contributed by atoms with van der Waals surface area (Å²) < 4.78 is 0. The third-order valence-electron chi connectivity index (χ3n) is 2.38. The summed E-state index contributed by atoms with van der Waals surface area (Å²) in [6.45, 7) is 1.08. The maximum atomic E-state index is 10.7. The van der Waals surface area contributed by atoms with Crippen LogP contribution in [0.4, 0.5) is 10.6 Å². The zero-order chi connectivity index (χ0) is 10.7. The van der Waals surface area contributed by atoms with Crippen molar-refractivity contribution in [1.82, 2.24) is 15.1 Å². The largest absolute Gasteiger partial charge is 0.465 e. The molecule has 0 radical (unpaired) electrons. The van der Waals surface area contributed by atoms with Gasteiger partial charge >= 0.3 is 6.09 Å². The minimum Gasteiger partial charge on any atom is -0.465 e. The Balaban J connectivity index is 1.90. The van der Waals surface area contributed by atoms with E-state index in [1.807, 2.05) is 6.07 Å². The van der Waals surface area contributed by atoms with Gasteiger partial charge in [0.1, 0.15) is 5.82 Å². The van der Waals surface area contributed by atoms with Gasteiger partial charge in [0.15, 0.2) is 0 Å². The monoisotopic (exact) mass is 208 g/mol. The Morgan fingerprint density at radius 3 is 3.13 bits per heavy atom. The lowest BCUT2D eigenvalue weighted by Crippen LogP contribution is -2.30. The van der Waals surface area contributed by atoms with Crippen molar-refractivity contribution in [3.8, 4) is 0 Å². The normalized spacial score (nSPS) is 20.3. The second-order valence-corrected chi connectivity index (χ2v) is 3.47. The molecule has 0 aliphatic carbocycles. The number of hydrogen-bond donors (Lipinski definition) is 2. The molecule has 1 saturated heterocycles. The third-order valence-corrected chi connectivity index (χ3v) is 2.38. The maximum absolute atomic E-state index is 10.7. The van der Waals surface area contributed by atoms with Crippen LogP contribution in [0.2, 0.25) is 0 Å². The second kappa shape index (κ2) is 4.12. The molecule has 1 aromatic heterocycles. The standard InChI is InChI=1S/C9H12N4O2/c14-9(15)13-5-3-7(6-13)11-8-2-1-4-10-12-8/h1-2,4,7H,3,5-6H2,(H,11,12)(H,14,15)/t7-/m1/s1. The number of aromatic nitrogens is 2. The van der Waals surface area contributed by atoms with Gasteiger partial charge in [0.05, 0.1) is 0 Å². The topological polar surface area (TPSA) is 78.4 Å². The molecule has 15 heavy (non-hydrogen) atoms. The number of nitrogens with zero attached hydrogens (tertiary/aromatic N) is 3. The molecule has 2 N–H and O–H groups in total. The summed E-state index contributed by atoms with van der Waals surface area (Å²) in [5.41, 5.74) is 0. The fraction of sp³-hybridized carbons (Fsp3) is 0.444. The van der Waals surface area contributed by atoms with Crippen LogP contribution in [0.5, 0.6) is 0 Å². The van der Waals surface area contributed by atoms with E-state index in [-0.39, 0.29) is 6.04 Å². The summed E-state index contributed by atoms with van der Waals surface area (Å²) in [5, 5.41) is 19.5. The summed E-state index contributed by atoms with van der Waals surface area (Å²) in [4.78, 5) is 12.1. The Kier molecular flexibility index (Phi) is 2.66. The SMILES string of the molecule is O=C(O)N1CC[C@@H](Nc2cccnn2)C1. The van der Waals surface area contributed by atoms with Gasteiger partial charge in [-0.25, -0.2) is 4.79 Å². The molecule has 1 aliphatic rings. The number of likely N-dealkylation sites (tertiary alicyclic amines) is 1. The van der Waals surface area contributed by atoms with Crippen molar-refractivity contribution in [2.45, 2.75) is 12.5 Å². The smallest absolute Gasteiger partial charge is 0.407 e. The van der Waals surface area contributed by atoms with E-state index >= 15 is 0 Å². The van der Waals surface area contributed by atoms with Gasteiger partial charge < -0.3 is 15.3 Å². The van der Waals surface area contributed by atoms with Crippen LogP contribution < -0.4 is 5.32 Å². The quantitative estimate of drug-likeness (QED) is 0.745. The van der Waals surface area contributed by atoms with Crippen molar-refractivity contribution in [2.24, 2.45) is 0 Å². The third kappa shape index (κ3) is 2.34. The first-order chi connectivity index (χ1) is 7.25. The number of hydrogen-bond acceptors (Lipinski definition) is 4. The number of rotatable bonds is 2. The van der Waals surface area contributed by atoms with Crippen LogP contribution in [0.1, 0.15) is 6.42 Å². The van der Waals surface area contributed by atoms with E-state index in [0.29, 0.717) is 18.9 Å². The van der Waals surface area contributed by atoms with Gasteiger partial charge in [0, 0.05) is 25.3 Å². The van der Waals surface area contributed by atoms with Crippen molar-refractivity contribution in [3.63, 3.8) is 0 Å². The van der Waals surface area contributed by atoms with E-state index in [4.69, 9.17) is 5.11 Å². The Morgan fingerprint density at radius 1 is 1.67 bits per heavy atom. The number of anilines is 1. The molecule has 0 aromatic carbocycles. The van der Waals surface area contributed by atoms with Gasteiger partial charge in [0.2, 0.25) is 0 Å². The van der Waals surface area contributed by atoms with E-state index < -0.39 is 6.09 Å². The highest BCUT2D eigenvalue weighted by Crippen LogP contribution is 2.13. The Labute approximate surface area is 86.9 Å². The summed E-state index contributed by atoms with van der Waals surface area (Å²) in [5.74, 6) is 0.690. The zero-order valence-electron chi connectivity index (χ0n) is 8.13. The summed E-state index contributed by atoms with van der Waals surface area (Å²) in [6, 6.07) is 3.74. The van der Waals surface area contributed by atoms with Crippen LogP contribution in [0.25, 0.3) is 0 Å². The molecule has 0 saturated carbocycles. The average Bonchev–Trinajstić information content (AvgIpc) is 2.68. The van der Waals surface area contributed by atoms with E-state index in [0.717, 1.165) is 6.42 Å². The van der Waals surface area contributed by atoms with Crippen molar-refractivity contribution in [1.29, 1.82) is 0 Å². The molecular weight excluding hydrogens is 196 g/mol. The molecule has 1 amide bonds. The summed E-state index contributed by atoms with van der Waals surface area (Å²) in [7, 11) is 0. The van der Waals surface area contributed by atoms with Gasteiger partial charge in [-0.2, -0.15) is 5.10 Å². The lowest BCUT2D eigenvalue weighted by molar-refractivity contribution is 0.155. The van der Waals surface area contributed by atoms with E-state index in [9.17, 15) is 4.79 Å². The van der Waals surface area contributed by atoms with Gasteiger partial charge in [-0.1, -0.05) is 0 Å². The molecule has 6 heteroatoms. The predicted octanol–water partition coefficient (Wildman–Crippen LogP) is 0.641. The molecule has 2 heterocycles. The van der Waals surface area contributed by atoms with Crippen LogP contribution in [0, 0.1) is 0 Å². The minimum absolute atomic E-state index is 0.137. The molecule has 1 aliphatic heterocycles. The minimum atomic E-state index is -0.863. The van der Waals surface area contributed by atoms with Crippen LogP contribution in [-0.4, -0.2) is 45.4 Å². The van der Waals surface area contributed by atoms with Gasteiger partial charge in [-0.15, -0.1) is 5.10 Å². The molecule has 0 unspecified atom stereocenters. The molecule has 1 fully saturated rings. The van der Waals surface area contributed by atoms with Crippen molar-refractivity contribution >= 4 is 11.9 Å². The van der Waals surface area contributed by atoms with Gasteiger partial charge in [-0.3, -0.25) is 0 Å². The van der Waals surface area contributed by atoms with Crippen LogP contribution in [0.3, 0.4) is 0 Å². The Hall–Kier alpha value is -1.85. The first kappa shape index (κ1) is 9.70. The summed E-state index contributed by atoms with van der Waals surface area (Å²) >= 11 is 0. The van der Waals surface area contributed by atoms with E-state index in [1.165, 1.54) is 4.90 Å². The number of nitrogens with one attached hydrogen (secondary N) is 1. The van der Waals surface area contributed by atoms with Gasteiger partial charge in [0.25, 0.3) is 0 Å². The molecule has 0 bridgehead atoms. The number of carbonyl (C=O) groups is 1. The molecular formula is C9H12N4O2. The van der Waals surface area contributed by atoms with Crippen LogP contribution in [0.15, 0.2) is 18.3 Å². The fourth-order valence-electron chi connectivity index (χ4n) is 1.64. The highest BCUT2D eigenvalue weighted by molar-refractivity contribution is 5.65. The summed E-state index contributed by atoms with van der Waals surface area (Å²) in [6.07, 6.45) is 1.55. The Bertz CT molecular complexity index is 343. The lowest BCUT2D eigenvalue weighted by Gasteiger charge is -2.13. The molecule has 2 rings (SSSR count). The molecule has 6 nitrogen and oxygen atoms in total. The Morgan fingerprint density at radius 2 is 2.53 bits per heavy atom. The fourth-order valence-corrected chi connectivity index (χ4v) is 1.64. The lowest BCUT2D eigenvalue weighted by atomic mass is 10.2. The average molecular weight is 208 g/mol. The maximum Gasteiger partial charge on any atom is 0.407 e. The molecule has 1 atom stereocenters. The van der Waals surface area contributed by atoms with Gasteiger partial charge in [-0.05, 0) is 18.6 Å². The van der Waals surface area contributed by atoms with Crippen LogP contribution in [-0.2, 0) is 0 Å². The first-order valence-corrected chi connectivity index (χ1v) is 4.78. The highest BCUT2D eigenvalue weighted by Gasteiger charge is 2.25. The molecule has 0 spiro atoms.